The minimum absolute atomic E-state index is 0.0723. The summed E-state index contributed by atoms with van der Waals surface area (Å²) >= 11 is 0. The quantitative estimate of drug-likeness (QED) is 0.741. The van der Waals surface area contributed by atoms with Crippen molar-refractivity contribution in [3.63, 3.8) is 0 Å². The number of fused-ring (bicyclic) bond motifs is 1. The Morgan fingerprint density at radius 3 is 2.52 bits per heavy atom. The van der Waals surface area contributed by atoms with Gasteiger partial charge in [-0.3, -0.25) is 9.36 Å². The van der Waals surface area contributed by atoms with Gasteiger partial charge in [0.05, 0.1) is 16.6 Å². The summed E-state index contributed by atoms with van der Waals surface area (Å²) in [6.45, 7) is 0. The van der Waals surface area contributed by atoms with Gasteiger partial charge >= 0.3 is 12.1 Å². The molecule has 1 aromatic carbocycles. The molecule has 2 aromatic heterocycles. The van der Waals surface area contributed by atoms with E-state index in [1.165, 1.54) is 24.4 Å². The summed E-state index contributed by atoms with van der Waals surface area (Å²) < 4.78 is 39.5. The standard InChI is InChI=1S/C16H9F3N2O4/c17-16(18,19)8-3-1-4-9(7-8)21-13-10(5-2-6-20-13)12(22)11(14(21)23)15(24)25/h1-7,22H,(H,24,25). The molecule has 0 radical (unpaired) electrons. The number of hydrogen-bond donors (Lipinski definition) is 2. The Bertz CT molecular complexity index is 1060. The molecule has 0 saturated heterocycles. The fourth-order valence-electron chi connectivity index (χ4n) is 2.46. The molecule has 0 amide bonds. The zero-order chi connectivity index (χ0) is 18.4. The lowest BCUT2D eigenvalue weighted by Crippen LogP contribution is -2.26. The van der Waals surface area contributed by atoms with Crippen molar-refractivity contribution in [2.45, 2.75) is 6.18 Å². The van der Waals surface area contributed by atoms with Crippen LogP contribution >= 0.6 is 0 Å². The Morgan fingerprint density at radius 2 is 1.88 bits per heavy atom. The number of aromatic hydroxyl groups is 1. The molecular formula is C16H9F3N2O4. The Hall–Kier alpha value is -3.36. The molecule has 0 bridgehead atoms. The van der Waals surface area contributed by atoms with Crippen LogP contribution in [0.3, 0.4) is 0 Å². The van der Waals surface area contributed by atoms with E-state index in [1.807, 2.05) is 0 Å². The zero-order valence-electron chi connectivity index (χ0n) is 12.3. The molecule has 0 fully saturated rings. The maximum absolute atomic E-state index is 12.9. The van der Waals surface area contributed by atoms with Gasteiger partial charge in [0.1, 0.15) is 5.75 Å². The normalized spacial score (nSPS) is 11.6. The first-order valence-corrected chi connectivity index (χ1v) is 6.85. The second kappa shape index (κ2) is 5.62. The highest BCUT2D eigenvalue weighted by Crippen LogP contribution is 2.31. The highest BCUT2D eigenvalue weighted by atomic mass is 19.4. The molecular weight excluding hydrogens is 341 g/mol. The van der Waals surface area contributed by atoms with Crippen molar-refractivity contribution in [2.24, 2.45) is 0 Å². The first-order chi connectivity index (χ1) is 11.7. The number of benzene rings is 1. The van der Waals surface area contributed by atoms with Crippen molar-refractivity contribution in [2.75, 3.05) is 0 Å². The Balaban J connectivity index is 2.45. The third-order valence-corrected chi connectivity index (χ3v) is 3.55. The molecule has 3 aromatic rings. The molecule has 0 spiro atoms. The number of rotatable bonds is 2. The number of alkyl halides is 3. The number of carbonyl (C=O) groups is 1. The Morgan fingerprint density at radius 1 is 1.16 bits per heavy atom. The minimum atomic E-state index is -4.64. The van der Waals surface area contributed by atoms with Gasteiger partial charge in [-0.15, -0.1) is 0 Å². The molecule has 0 aliphatic heterocycles. The molecule has 6 nitrogen and oxygen atoms in total. The lowest BCUT2D eigenvalue weighted by atomic mass is 10.1. The van der Waals surface area contributed by atoms with E-state index in [0.717, 1.165) is 16.7 Å². The van der Waals surface area contributed by atoms with E-state index in [1.54, 1.807) is 0 Å². The number of pyridine rings is 2. The van der Waals surface area contributed by atoms with E-state index in [-0.39, 0.29) is 16.7 Å². The number of nitrogens with zero attached hydrogens (tertiary/aromatic N) is 2. The number of aromatic carboxylic acids is 1. The zero-order valence-corrected chi connectivity index (χ0v) is 12.3. The number of carboxylic acid groups (broad SMARTS) is 1. The topological polar surface area (TPSA) is 92.4 Å². The summed E-state index contributed by atoms with van der Waals surface area (Å²) in [5.41, 5.74) is -3.51. The largest absolute Gasteiger partial charge is 0.506 e. The molecule has 9 heteroatoms. The van der Waals surface area contributed by atoms with Gasteiger partial charge in [-0.2, -0.15) is 13.2 Å². The SMILES string of the molecule is O=C(O)c1c(O)c2cccnc2n(-c2cccc(C(F)(F)F)c2)c1=O. The molecule has 0 saturated carbocycles. The number of aromatic nitrogens is 2. The van der Waals surface area contributed by atoms with Crippen LogP contribution in [0, 0.1) is 0 Å². The molecule has 0 atom stereocenters. The maximum Gasteiger partial charge on any atom is 0.416 e. The van der Waals surface area contributed by atoms with Crippen LogP contribution in [0.25, 0.3) is 16.7 Å². The van der Waals surface area contributed by atoms with Crippen LogP contribution in [0.2, 0.25) is 0 Å². The van der Waals surface area contributed by atoms with Crippen LogP contribution in [0.1, 0.15) is 15.9 Å². The average molecular weight is 350 g/mol. The summed E-state index contributed by atoms with van der Waals surface area (Å²) in [4.78, 5) is 27.7. The lowest BCUT2D eigenvalue weighted by Gasteiger charge is -2.14. The van der Waals surface area contributed by atoms with Crippen LogP contribution in [0.15, 0.2) is 47.4 Å². The Kier molecular flexibility index (Phi) is 3.71. The molecule has 128 valence electrons. The van der Waals surface area contributed by atoms with Crippen LogP contribution in [-0.4, -0.2) is 25.7 Å². The van der Waals surface area contributed by atoms with Gasteiger partial charge < -0.3 is 10.2 Å². The number of hydrogen-bond acceptors (Lipinski definition) is 4. The summed E-state index contributed by atoms with van der Waals surface area (Å²) in [5.74, 6) is -2.49. The van der Waals surface area contributed by atoms with Crippen molar-refractivity contribution in [1.29, 1.82) is 0 Å². The first-order valence-electron chi connectivity index (χ1n) is 6.85. The van der Waals surface area contributed by atoms with E-state index >= 15 is 0 Å². The summed E-state index contributed by atoms with van der Waals surface area (Å²) in [6, 6.07) is 6.54. The van der Waals surface area contributed by atoms with E-state index in [9.17, 15) is 33.0 Å². The fraction of sp³-hybridized carbons (Fsp3) is 0.0625. The van der Waals surface area contributed by atoms with Crippen LogP contribution < -0.4 is 5.56 Å². The first kappa shape index (κ1) is 16.5. The van der Waals surface area contributed by atoms with Crippen LogP contribution in [-0.2, 0) is 6.18 Å². The van der Waals surface area contributed by atoms with Gasteiger partial charge in [-0.1, -0.05) is 6.07 Å². The molecule has 0 aliphatic carbocycles. The van der Waals surface area contributed by atoms with Gasteiger partial charge in [0, 0.05) is 6.20 Å². The fourth-order valence-corrected chi connectivity index (χ4v) is 2.46. The summed E-state index contributed by atoms with van der Waals surface area (Å²) in [6.07, 6.45) is -3.37. The predicted octanol–water partition coefficient (Wildman–Crippen LogP) is 2.81. The van der Waals surface area contributed by atoms with Crippen LogP contribution in [0.5, 0.6) is 5.75 Å². The van der Waals surface area contributed by atoms with Crippen molar-refractivity contribution in [3.8, 4) is 11.4 Å². The number of halogens is 3. The van der Waals surface area contributed by atoms with Gasteiger partial charge in [0.2, 0.25) is 0 Å². The van der Waals surface area contributed by atoms with Gasteiger partial charge in [-0.05, 0) is 30.3 Å². The predicted molar refractivity (Wildman–Crippen MR) is 81.0 cm³/mol. The van der Waals surface area contributed by atoms with Crippen molar-refractivity contribution >= 4 is 17.0 Å². The van der Waals surface area contributed by atoms with E-state index in [0.29, 0.717) is 6.07 Å². The average Bonchev–Trinajstić information content (AvgIpc) is 2.54. The smallest absolute Gasteiger partial charge is 0.416 e. The second-order valence-electron chi connectivity index (χ2n) is 5.09. The van der Waals surface area contributed by atoms with Gasteiger partial charge in [-0.25, -0.2) is 9.78 Å². The molecule has 2 heterocycles. The molecule has 2 N–H and O–H groups in total. The third-order valence-electron chi connectivity index (χ3n) is 3.55. The van der Waals surface area contributed by atoms with Crippen molar-refractivity contribution in [1.82, 2.24) is 9.55 Å². The summed E-state index contributed by atoms with van der Waals surface area (Å²) in [7, 11) is 0. The van der Waals surface area contributed by atoms with Gasteiger partial charge in [0.25, 0.3) is 5.56 Å². The monoisotopic (exact) mass is 350 g/mol. The van der Waals surface area contributed by atoms with Crippen molar-refractivity contribution < 1.29 is 28.2 Å². The van der Waals surface area contributed by atoms with E-state index in [2.05, 4.69) is 4.98 Å². The minimum Gasteiger partial charge on any atom is -0.506 e. The van der Waals surface area contributed by atoms with Crippen LogP contribution in [0.4, 0.5) is 13.2 Å². The van der Waals surface area contributed by atoms with Gasteiger partial charge in [0.15, 0.2) is 11.2 Å². The second-order valence-corrected chi connectivity index (χ2v) is 5.09. The molecule has 0 unspecified atom stereocenters. The lowest BCUT2D eigenvalue weighted by molar-refractivity contribution is -0.137. The maximum atomic E-state index is 12.9. The Labute approximate surface area is 137 Å². The van der Waals surface area contributed by atoms with E-state index < -0.39 is 34.6 Å². The summed E-state index contributed by atoms with van der Waals surface area (Å²) in [5, 5.41) is 19.2. The van der Waals surface area contributed by atoms with Crippen molar-refractivity contribution in [3.05, 3.63) is 64.1 Å². The molecule has 3 rings (SSSR count). The molecule has 0 aliphatic rings. The number of carboxylic acids is 1. The highest BCUT2D eigenvalue weighted by molar-refractivity contribution is 5.98. The highest BCUT2D eigenvalue weighted by Gasteiger charge is 2.31. The molecule has 25 heavy (non-hydrogen) atoms. The third kappa shape index (κ3) is 2.69. The van der Waals surface area contributed by atoms with E-state index in [4.69, 9.17) is 0 Å².